The fourth-order valence-corrected chi connectivity index (χ4v) is 2.26. The third kappa shape index (κ3) is 3.55. The lowest BCUT2D eigenvalue weighted by atomic mass is 10.3. The van der Waals surface area contributed by atoms with E-state index in [-0.39, 0.29) is 0 Å². The molecule has 0 saturated carbocycles. The highest BCUT2D eigenvalue weighted by molar-refractivity contribution is 6.42. The lowest BCUT2D eigenvalue weighted by Gasteiger charge is -2.07. The van der Waals surface area contributed by atoms with Crippen LogP contribution in [0.5, 0.6) is 0 Å². The van der Waals surface area contributed by atoms with E-state index in [2.05, 4.69) is 4.98 Å². The first-order valence-electron chi connectivity index (χ1n) is 6.31. The zero-order chi connectivity index (χ0) is 14.5. The number of fused-ring (bicyclic) bond motifs is 1. The van der Waals surface area contributed by atoms with E-state index < -0.39 is 0 Å². The summed E-state index contributed by atoms with van der Waals surface area (Å²) in [6, 6.07) is 3.51. The molecule has 1 heterocycles. The van der Waals surface area contributed by atoms with Crippen LogP contribution in [0.4, 0.5) is 5.95 Å². The molecule has 0 bridgehead atoms. The molecule has 0 spiro atoms. The smallest absolute Gasteiger partial charge is 0.201 e. The SMILES string of the molecule is COCCOCCCn1c(N)nc2cc(Cl)c(Cl)cc21. The molecule has 110 valence electrons. The van der Waals surface area contributed by atoms with Gasteiger partial charge in [-0.15, -0.1) is 0 Å². The van der Waals surface area contributed by atoms with Crippen LogP contribution in [-0.2, 0) is 16.0 Å². The molecular formula is C13H17Cl2N3O2. The molecule has 0 amide bonds. The van der Waals surface area contributed by atoms with E-state index in [4.69, 9.17) is 38.4 Å². The molecule has 2 aromatic rings. The fraction of sp³-hybridized carbons (Fsp3) is 0.462. The van der Waals surface area contributed by atoms with Crippen molar-refractivity contribution in [2.75, 3.05) is 32.7 Å². The molecule has 1 aromatic heterocycles. The summed E-state index contributed by atoms with van der Waals surface area (Å²) in [4.78, 5) is 4.28. The molecule has 2 N–H and O–H groups in total. The number of ether oxygens (including phenoxy) is 2. The van der Waals surface area contributed by atoms with E-state index in [0.29, 0.717) is 42.4 Å². The summed E-state index contributed by atoms with van der Waals surface area (Å²) in [7, 11) is 1.65. The van der Waals surface area contributed by atoms with Gasteiger partial charge >= 0.3 is 0 Å². The molecular weight excluding hydrogens is 301 g/mol. The topological polar surface area (TPSA) is 62.3 Å². The van der Waals surface area contributed by atoms with Crippen molar-refractivity contribution in [3.05, 3.63) is 22.2 Å². The van der Waals surface area contributed by atoms with E-state index in [1.54, 1.807) is 19.2 Å². The summed E-state index contributed by atoms with van der Waals surface area (Å²) >= 11 is 12.0. The van der Waals surface area contributed by atoms with E-state index in [1.165, 1.54) is 0 Å². The number of imidazole rings is 1. The van der Waals surface area contributed by atoms with Gasteiger partial charge in [0.1, 0.15) is 0 Å². The number of benzene rings is 1. The molecule has 0 saturated heterocycles. The third-order valence-electron chi connectivity index (χ3n) is 2.92. The van der Waals surface area contributed by atoms with Gasteiger partial charge in [-0.05, 0) is 18.6 Å². The van der Waals surface area contributed by atoms with Gasteiger partial charge in [-0.1, -0.05) is 23.2 Å². The van der Waals surface area contributed by atoms with Crippen LogP contribution < -0.4 is 5.73 Å². The van der Waals surface area contributed by atoms with Crippen molar-refractivity contribution in [1.82, 2.24) is 9.55 Å². The highest BCUT2D eigenvalue weighted by atomic mass is 35.5. The number of hydrogen-bond acceptors (Lipinski definition) is 4. The summed E-state index contributed by atoms with van der Waals surface area (Å²) in [5.41, 5.74) is 7.55. The van der Waals surface area contributed by atoms with Crippen molar-refractivity contribution in [3.8, 4) is 0 Å². The normalized spacial score (nSPS) is 11.3. The van der Waals surface area contributed by atoms with Crippen molar-refractivity contribution >= 4 is 40.2 Å². The Morgan fingerprint density at radius 1 is 1.20 bits per heavy atom. The Morgan fingerprint density at radius 3 is 2.70 bits per heavy atom. The van der Waals surface area contributed by atoms with Gasteiger partial charge in [0, 0.05) is 20.3 Å². The molecule has 0 radical (unpaired) electrons. The summed E-state index contributed by atoms with van der Waals surface area (Å²) in [6.45, 7) is 2.55. The molecule has 0 unspecified atom stereocenters. The Balaban J connectivity index is 2.02. The second-order valence-electron chi connectivity index (χ2n) is 4.34. The minimum atomic E-state index is 0.454. The molecule has 0 atom stereocenters. The average molecular weight is 318 g/mol. The maximum Gasteiger partial charge on any atom is 0.201 e. The van der Waals surface area contributed by atoms with Gasteiger partial charge < -0.3 is 19.8 Å². The number of hydrogen-bond donors (Lipinski definition) is 1. The van der Waals surface area contributed by atoms with Crippen molar-refractivity contribution < 1.29 is 9.47 Å². The molecule has 1 aromatic carbocycles. The van der Waals surface area contributed by atoms with E-state index >= 15 is 0 Å². The Morgan fingerprint density at radius 2 is 1.95 bits per heavy atom. The third-order valence-corrected chi connectivity index (χ3v) is 3.64. The predicted molar refractivity (Wildman–Crippen MR) is 81.5 cm³/mol. The summed E-state index contributed by atoms with van der Waals surface area (Å²) < 4.78 is 12.2. The Hall–Kier alpha value is -1.01. The first-order valence-corrected chi connectivity index (χ1v) is 7.06. The molecule has 0 aliphatic carbocycles. The molecule has 0 aliphatic heterocycles. The quantitative estimate of drug-likeness (QED) is 0.797. The summed E-state index contributed by atoms with van der Waals surface area (Å²) in [5.74, 6) is 0.454. The molecule has 2 rings (SSSR count). The van der Waals surface area contributed by atoms with Gasteiger partial charge in [-0.2, -0.15) is 0 Å². The predicted octanol–water partition coefficient (Wildman–Crippen LogP) is 2.98. The van der Waals surface area contributed by atoms with Crippen molar-refractivity contribution in [1.29, 1.82) is 0 Å². The molecule has 5 nitrogen and oxygen atoms in total. The van der Waals surface area contributed by atoms with Gasteiger partial charge in [0.15, 0.2) is 0 Å². The standard InChI is InChI=1S/C13H17Cl2N3O2/c1-19-5-6-20-4-2-3-18-12-8-10(15)9(14)7-11(12)17-13(18)16/h7-8H,2-6H2,1H3,(H2,16,17). The largest absolute Gasteiger partial charge is 0.382 e. The average Bonchev–Trinajstić information content (AvgIpc) is 2.70. The van der Waals surface area contributed by atoms with Gasteiger partial charge in [0.25, 0.3) is 0 Å². The second kappa shape index (κ2) is 7.13. The van der Waals surface area contributed by atoms with Crippen LogP contribution in [0.3, 0.4) is 0 Å². The first-order chi connectivity index (χ1) is 9.63. The minimum Gasteiger partial charge on any atom is -0.382 e. The lowest BCUT2D eigenvalue weighted by molar-refractivity contribution is 0.0682. The number of anilines is 1. The fourth-order valence-electron chi connectivity index (χ4n) is 1.94. The Labute approximate surface area is 127 Å². The number of nitrogen functional groups attached to an aromatic ring is 1. The second-order valence-corrected chi connectivity index (χ2v) is 5.15. The van der Waals surface area contributed by atoms with Gasteiger partial charge in [0.2, 0.25) is 5.95 Å². The summed E-state index contributed by atoms with van der Waals surface area (Å²) in [6.07, 6.45) is 0.833. The maximum absolute atomic E-state index is 6.03. The van der Waals surface area contributed by atoms with Gasteiger partial charge in [0.05, 0.1) is 34.3 Å². The number of aryl methyl sites for hydroxylation is 1. The van der Waals surface area contributed by atoms with Crippen molar-refractivity contribution in [3.63, 3.8) is 0 Å². The first kappa shape index (κ1) is 15.4. The summed E-state index contributed by atoms with van der Waals surface area (Å²) in [5, 5.41) is 0.975. The van der Waals surface area contributed by atoms with Crippen LogP contribution in [0.15, 0.2) is 12.1 Å². The zero-order valence-corrected chi connectivity index (χ0v) is 12.7. The highest BCUT2D eigenvalue weighted by Crippen LogP contribution is 2.29. The number of methoxy groups -OCH3 is 1. The molecule has 0 aliphatic rings. The van der Waals surface area contributed by atoms with Crippen LogP contribution >= 0.6 is 23.2 Å². The zero-order valence-electron chi connectivity index (χ0n) is 11.2. The van der Waals surface area contributed by atoms with Crippen molar-refractivity contribution in [2.45, 2.75) is 13.0 Å². The number of halogens is 2. The Bertz CT molecular complexity index is 586. The molecule has 7 heteroatoms. The van der Waals surface area contributed by atoms with Crippen LogP contribution in [0, 0.1) is 0 Å². The van der Waals surface area contributed by atoms with Gasteiger partial charge in [-0.25, -0.2) is 4.98 Å². The Kier molecular flexibility index (Phi) is 5.48. The number of aromatic nitrogens is 2. The van der Waals surface area contributed by atoms with E-state index in [9.17, 15) is 0 Å². The molecule has 20 heavy (non-hydrogen) atoms. The maximum atomic E-state index is 6.03. The lowest BCUT2D eigenvalue weighted by Crippen LogP contribution is -2.08. The van der Waals surface area contributed by atoms with Crippen molar-refractivity contribution in [2.24, 2.45) is 0 Å². The van der Waals surface area contributed by atoms with Crippen LogP contribution in [0.1, 0.15) is 6.42 Å². The highest BCUT2D eigenvalue weighted by Gasteiger charge is 2.10. The van der Waals surface area contributed by atoms with E-state index in [0.717, 1.165) is 17.5 Å². The number of nitrogens with two attached hydrogens (primary N) is 1. The van der Waals surface area contributed by atoms with Crippen LogP contribution in [0.2, 0.25) is 10.0 Å². The van der Waals surface area contributed by atoms with Gasteiger partial charge in [-0.3, -0.25) is 0 Å². The van der Waals surface area contributed by atoms with Crippen LogP contribution in [0.25, 0.3) is 11.0 Å². The molecule has 0 fully saturated rings. The van der Waals surface area contributed by atoms with Crippen LogP contribution in [-0.4, -0.2) is 36.5 Å². The monoisotopic (exact) mass is 317 g/mol. The number of rotatable bonds is 7. The number of nitrogens with zero attached hydrogens (tertiary/aromatic N) is 2. The minimum absolute atomic E-state index is 0.454. The van der Waals surface area contributed by atoms with E-state index in [1.807, 2.05) is 4.57 Å².